The van der Waals surface area contributed by atoms with E-state index >= 15 is 0 Å². The molecule has 1 saturated heterocycles. The maximum Gasteiger partial charge on any atom is 0.416 e. The van der Waals surface area contributed by atoms with Crippen LogP contribution in [0.15, 0.2) is 18.2 Å². The van der Waals surface area contributed by atoms with Crippen LogP contribution in [0.5, 0.6) is 0 Å². The van der Waals surface area contributed by atoms with Crippen LogP contribution in [0.2, 0.25) is 0 Å². The first-order valence-corrected chi connectivity index (χ1v) is 7.94. The summed E-state index contributed by atoms with van der Waals surface area (Å²) in [5, 5.41) is 20.7. The molecule has 140 valence electrons. The molecule has 0 unspecified atom stereocenters. The van der Waals surface area contributed by atoms with Crippen LogP contribution >= 0.6 is 0 Å². The molecule has 26 heavy (non-hydrogen) atoms. The van der Waals surface area contributed by atoms with Gasteiger partial charge in [-0.15, -0.1) is 0 Å². The molecule has 0 spiro atoms. The van der Waals surface area contributed by atoms with Crippen LogP contribution in [0.4, 0.5) is 18.9 Å². The van der Waals surface area contributed by atoms with E-state index in [0.29, 0.717) is 25.0 Å². The molecule has 1 saturated carbocycles. The third kappa shape index (κ3) is 2.78. The van der Waals surface area contributed by atoms with Crippen molar-refractivity contribution in [3.63, 3.8) is 0 Å². The fraction of sp³-hybridized carbons (Fsp3) is 0.500. The summed E-state index contributed by atoms with van der Waals surface area (Å²) in [4.78, 5) is 35.7. The molecule has 0 radical (unpaired) electrons. The first-order valence-electron chi connectivity index (χ1n) is 7.94. The number of nitrogens with zero attached hydrogens (tertiary/aromatic N) is 2. The van der Waals surface area contributed by atoms with Gasteiger partial charge in [0.05, 0.1) is 15.9 Å². The van der Waals surface area contributed by atoms with E-state index in [-0.39, 0.29) is 19.0 Å². The average Bonchev–Trinajstić information content (AvgIpc) is 3.10. The molecule has 2 aliphatic rings. The van der Waals surface area contributed by atoms with Crippen molar-refractivity contribution in [1.29, 1.82) is 0 Å². The molecule has 2 fully saturated rings. The highest BCUT2D eigenvalue weighted by Gasteiger charge is 2.56. The van der Waals surface area contributed by atoms with E-state index in [2.05, 4.69) is 0 Å². The summed E-state index contributed by atoms with van der Waals surface area (Å²) in [6.45, 7) is 0.0350. The molecule has 3 rings (SSSR count). The zero-order chi connectivity index (χ0) is 19.3. The molecular formula is C16H15F3N2O5. The lowest BCUT2D eigenvalue weighted by atomic mass is 9.81. The Balaban J connectivity index is 1.94. The molecule has 2 atom stereocenters. The van der Waals surface area contributed by atoms with Gasteiger partial charge in [-0.05, 0) is 30.9 Å². The van der Waals surface area contributed by atoms with E-state index < -0.39 is 45.2 Å². The van der Waals surface area contributed by atoms with E-state index in [0.717, 1.165) is 12.5 Å². The number of nitro groups is 1. The van der Waals surface area contributed by atoms with Gasteiger partial charge in [-0.3, -0.25) is 19.7 Å². The van der Waals surface area contributed by atoms with Crippen LogP contribution in [0.1, 0.15) is 35.2 Å². The number of rotatable bonds is 3. The number of fused-ring (bicyclic) bond motifs is 1. The minimum Gasteiger partial charge on any atom is -0.481 e. The first kappa shape index (κ1) is 18.2. The van der Waals surface area contributed by atoms with Gasteiger partial charge in [-0.2, -0.15) is 13.2 Å². The van der Waals surface area contributed by atoms with Crippen LogP contribution in [-0.4, -0.2) is 39.9 Å². The number of carboxylic acid groups (broad SMARTS) is 1. The quantitative estimate of drug-likeness (QED) is 0.649. The monoisotopic (exact) mass is 372 g/mol. The Hall–Kier alpha value is -2.65. The van der Waals surface area contributed by atoms with Gasteiger partial charge in [0.25, 0.3) is 11.6 Å². The second-order valence-electron chi connectivity index (χ2n) is 6.72. The molecule has 1 aliphatic carbocycles. The topological polar surface area (TPSA) is 101 Å². The van der Waals surface area contributed by atoms with Gasteiger partial charge >= 0.3 is 12.1 Å². The van der Waals surface area contributed by atoms with E-state index in [1.165, 1.54) is 4.90 Å². The standard InChI is InChI=1S/C16H15F3N2O5/c17-16(18,19)9-3-4-11(12(6-9)21(25)26)13(22)20-7-10-2-1-5-15(10,8-20)14(23)24/h3-4,6,10H,1-2,5,7-8H2,(H,23,24)/t10-,15+/m0/s1. The van der Waals surface area contributed by atoms with Gasteiger partial charge in [0.2, 0.25) is 0 Å². The normalized spacial score (nSPS) is 25.2. The third-order valence-corrected chi connectivity index (χ3v) is 5.34. The molecule has 1 aromatic carbocycles. The molecule has 0 bridgehead atoms. The molecule has 1 aliphatic heterocycles. The second-order valence-corrected chi connectivity index (χ2v) is 6.72. The predicted octanol–water partition coefficient (Wildman–Crippen LogP) is 2.94. The van der Waals surface area contributed by atoms with Crippen molar-refractivity contribution in [2.75, 3.05) is 13.1 Å². The summed E-state index contributed by atoms with van der Waals surface area (Å²) in [5.41, 5.74) is -3.70. The summed E-state index contributed by atoms with van der Waals surface area (Å²) in [7, 11) is 0. The van der Waals surface area contributed by atoms with Crippen molar-refractivity contribution >= 4 is 17.6 Å². The molecule has 1 heterocycles. The molecule has 7 nitrogen and oxygen atoms in total. The number of halogens is 3. The Morgan fingerprint density at radius 2 is 2.04 bits per heavy atom. The zero-order valence-corrected chi connectivity index (χ0v) is 13.5. The number of aliphatic carboxylic acids is 1. The highest BCUT2D eigenvalue weighted by atomic mass is 19.4. The van der Waals surface area contributed by atoms with E-state index in [4.69, 9.17) is 0 Å². The lowest BCUT2D eigenvalue weighted by Crippen LogP contribution is -2.37. The minimum atomic E-state index is -4.77. The Morgan fingerprint density at radius 3 is 2.58 bits per heavy atom. The van der Waals surface area contributed by atoms with Crippen LogP contribution in [0, 0.1) is 21.4 Å². The summed E-state index contributed by atoms with van der Waals surface area (Å²) in [6.07, 6.45) is -3.01. The Morgan fingerprint density at radius 1 is 1.35 bits per heavy atom. The number of carbonyl (C=O) groups is 2. The molecule has 1 amide bonds. The minimum absolute atomic E-state index is 0.0932. The predicted molar refractivity (Wildman–Crippen MR) is 81.4 cm³/mol. The van der Waals surface area contributed by atoms with Crippen molar-refractivity contribution < 1.29 is 32.8 Å². The van der Waals surface area contributed by atoms with E-state index in [1.807, 2.05) is 0 Å². The van der Waals surface area contributed by atoms with Crippen molar-refractivity contribution in [1.82, 2.24) is 4.90 Å². The molecule has 10 heteroatoms. The molecule has 0 aromatic heterocycles. The molecular weight excluding hydrogens is 357 g/mol. The van der Waals surface area contributed by atoms with Crippen LogP contribution in [0.25, 0.3) is 0 Å². The fourth-order valence-electron chi connectivity index (χ4n) is 4.00. The van der Waals surface area contributed by atoms with E-state index in [1.54, 1.807) is 0 Å². The Kier molecular flexibility index (Phi) is 4.16. The number of nitro benzene ring substituents is 1. The highest BCUT2D eigenvalue weighted by Crippen LogP contribution is 2.49. The van der Waals surface area contributed by atoms with Gasteiger partial charge in [-0.1, -0.05) is 6.42 Å². The fourth-order valence-corrected chi connectivity index (χ4v) is 4.00. The summed E-state index contributed by atoms with van der Waals surface area (Å²) in [5.74, 6) is -2.09. The Bertz CT molecular complexity index is 795. The van der Waals surface area contributed by atoms with Gasteiger partial charge in [0.15, 0.2) is 0 Å². The summed E-state index contributed by atoms with van der Waals surface area (Å²) in [6, 6.07) is 1.73. The summed E-state index contributed by atoms with van der Waals surface area (Å²) < 4.78 is 38.3. The van der Waals surface area contributed by atoms with Gasteiger partial charge in [0, 0.05) is 19.2 Å². The van der Waals surface area contributed by atoms with Crippen molar-refractivity contribution in [3.05, 3.63) is 39.4 Å². The van der Waals surface area contributed by atoms with Crippen LogP contribution < -0.4 is 0 Å². The molecule has 1 aromatic rings. The first-order chi connectivity index (χ1) is 12.1. The number of hydrogen-bond acceptors (Lipinski definition) is 4. The third-order valence-electron chi connectivity index (χ3n) is 5.34. The average molecular weight is 372 g/mol. The van der Waals surface area contributed by atoms with Crippen LogP contribution in [0.3, 0.4) is 0 Å². The van der Waals surface area contributed by atoms with Gasteiger partial charge in [-0.25, -0.2) is 0 Å². The van der Waals surface area contributed by atoms with Crippen molar-refractivity contribution in [2.45, 2.75) is 25.4 Å². The second kappa shape index (κ2) is 5.96. The number of likely N-dealkylation sites (tertiary alicyclic amines) is 1. The number of benzene rings is 1. The zero-order valence-electron chi connectivity index (χ0n) is 13.5. The largest absolute Gasteiger partial charge is 0.481 e. The smallest absolute Gasteiger partial charge is 0.416 e. The maximum absolute atomic E-state index is 12.8. The lowest BCUT2D eigenvalue weighted by Gasteiger charge is -2.23. The SMILES string of the molecule is O=C(c1ccc(C(F)(F)F)cc1[N+](=O)[O-])N1C[C@@H]2CCC[C@@]2(C(=O)O)C1. The van der Waals surface area contributed by atoms with Gasteiger partial charge in [0.1, 0.15) is 5.56 Å². The number of hydrogen-bond donors (Lipinski definition) is 1. The highest BCUT2D eigenvalue weighted by molar-refractivity contribution is 5.99. The van der Waals surface area contributed by atoms with Gasteiger partial charge < -0.3 is 10.0 Å². The maximum atomic E-state index is 12.8. The van der Waals surface area contributed by atoms with Crippen molar-refractivity contribution in [3.8, 4) is 0 Å². The summed E-state index contributed by atoms with van der Waals surface area (Å²) >= 11 is 0. The lowest BCUT2D eigenvalue weighted by molar-refractivity contribution is -0.385. The number of carbonyl (C=O) groups excluding carboxylic acids is 1. The van der Waals surface area contributed by atoms with Crippen molar-refractivity contribution in [2.24, 2.45) is 11.3 Å². The molecule has 1 N–H and O–H groups in total. The Labute approximate surface area is 145 Å². The number of alkyl halides is 3. The number of carboxylic acids is 1. The van der Waals surface area contributed by atoms with E-state index in [9.17, 15) is 38.0 Å². The van der Waals surface area contributed by atoms with Crippen LogP contribution in [-0.2, 0) is 11.0 Å². The number of amides is 1.